The van der Waals surface area contributed by atoms with Crippen LogP contribution in [0.4, 0.5) is 5.13 Å². The van der Waals surface area contributed by atoms with E-state index >= 15 is 0 Å². The highest BCUT2D eigenvalue weighted by Gasteiger charge is 2.22. The first-order valence-electron chi connectivity index (χ1n) is 9.72. The number of halogens is 1. The Kier molecular flexibility index (Phi) is 8.89. The molecule has 0 bridgehead atoms. The fraction of sp³-hybridized carbons (Fsp3) is 0.364. The van der Waals surface area contributed by atoms with Crippen LogP contribution < -0.4 is 14.4 Å². The van der Waals surface area contributed by atoms with Gasteiger partial charge < -0.3 is 14.4 Å². The molecule has 0 aliphatic carbocycles. The van der Waals surface area contributed by atoms with Crippen LogP contribution in [0.2, 0.25) is 0 Å². The third kappa shape index (κ3) is 5.41. The van der Waals surface area contributed by atoms with Gasteiger partial charge in [-0.3, -0.25) is 9.69 Å². The molecule has 2 aromatic carbocycles. The number of hydrogen-bond donors (Lipinski definition) is 0. The Morgan fingerprint density at radius 2 is 1.60 bits per heavy atom. The highest BCUT2D eigenvalue weighted by molar-refractivity contribution is 7.22. The minimum absolute atomic E-state index is 0. The number of likely N-dealkylation sites (N-methyl/N-ethyl adjacent to an activating group) is 1. The molecular weight excluding hydrogens is 422 g/mol. The largest absolute Gasteiger partial charge is 0.497 e. The first-order chi connectivity index (χ1) is 14.1. The van der Waals surface area contributed by atoms with E-state index in [1.165, 1.54) is 11.3 Å². The van der Waals surface area contributed by atoms with Crippen LogP contribution in [-0.4, -0.2) is 56.2 Å². The molecule has 0 N–H and O–H groups in total. The van der Waals surface area contributed by atoms with Gasteiger partial charge in [0.05, 0.1) is 24.4 Å². The summed E-state index contributed by atoms with van der Waals surface area (Å²) in [5, 5.41) is 0.696. The maximum absolute atomic E-state index is 13.3. The van der Waals surface area contributed by atoms with Crippen molar-refractivity contribution in [3.63, 3.8) is 0 Å². The second-order valence-electron chi connectivity index (χ2n) is 6.54. The smallest absolute Gasteiger partial charge is 0.260 e. The van der Waals surface area contributed by atoms with Crippen molar-refractivity contribution in [3.8, 4) is 11.5 Å². The normalized spacial score (nSPS) is 10.7. The van der Waals surface area contributed by atoms with E-state index in [2.05, 4.69) is 18.7 Å². The average molecular weight is 450 g/mol. The third-order valence-corrected chi connectivity index (χ3v) is 5.97. The lowest BCUT2D eigenvalue weighted by Crippen LogP contribution is -2.38. The molecule has 162 valence electrons. The molecule has 0 atom stereocenters. The summed E-state index contributed by atoms with van der Waals surface area (Å²) in [4.78, 5) is 22.1. The molecule has 0 spiro atoms. The van der Waals surface area contributed by atoms with Crippen molar-refractivity contribution in [3.05, 3.63) is 48.0 Å². The fourth-order valence-electron chi connectivity index (χ4n) is 3.09. The van der Waals surface area contributed by atoms with Gasteiger partial charge >= 0.3 is 0 Å². The number of benzene rings is 2. The molecule has 8 heteroatoms. The summed E-state index contributed by atoms with van der Waals surface area (Å²) in [6, 6.07) is 13.0. The van der Waals surface area contributed by atoms with Crippen LogP contribution in [0, 0.1) is 0 Å². The summed E-state index contributed by atoms with van der Waals surface area (Å²) in [5.41, 5.74) is 1.48. The van der Waals surface area contributed by atoms with E-state index in [1.54, 1.807) is 43.4 Å². The zero-order valence-electron chi connectivity index (χ0n) is 17.8. The lowest BCUT2D eigenvalue weighted by atomic mass is 10.2. The van der Waals surface area contributed by atoms with E-state index in [9.17, 15) is 4.79 Å². The number of nitrogens with zero attached hydrogens (tertiary/aromatic N) is 3. The van der Waals surface area contributed by atoms with E-state index in [-0.39, 0.29) is 18.3 Å². The predicted octanol–water partition coefficient (Wildman–Crippen LogP) is 4.72. The lowest BCUT2D eigenvalue weighted by Gasteiger charge is -2.24. The Balaban J connectivity index is 0.00000320. The van der Waals surface area contributed by atoms with Gasteiger partial charge in [-0.15, -0.1) is 12.4 Å². The number of methoxy groups -OCH3 is 2. The molecule has 30 heavy (non-hydrogen) atoms. The van der Waals surface area contributed by atoms with Gasteiger partial charge in [-0.2, -0.15) is 0 Å². The minimum Gasteiger partial charge on any atom is -0.497 e. The van der Waals surface area contributed by atoms with Crippen LogP contribution in [0.5, 0.6) is 11.5 Å². The van der Waals surface area contributed by atoms with E-state index < -0.39 is 0 Å². The molecule has 0 aliphatic heterocycles. The molecule has 3 rings (SSSR count). The van der Waals surface area contributed by atoms with Crippen molar-refractivity contribution in [2.75, 3.05) is 45.3 Å². The van der Waals surface area contributed by atoms with Crippen molar-refractivity contribution in [2.45, 2.75) is 13.8 Å². The number of hydrogen-bond acceptors (Lipinski definition) is 6. The molecule has 1 heterocycles. The van der Waals surface area contributed by atoms with Gasteiger partial charge in [-0.05, 0) is 55.6 Å². The number of thiazole rings is 1. The molecule has 0 saturated carbocycles. The zero-order chi connectivity index (χ0) is 20.8. The summed E-state index contributed by atoms with van der Waals surface area (Å²) < 4.78 is 11.5. The van der Waals surface area contributed by atoms with Crippen LogP contribution in [-0.2, 0) is 0 Å². The van der Waals surface area contributed by atoms with E-state index in [4.69, 9.17) is 14.5 Å². The molecular formula is C22H28ClN3O3S. The Labute approximate surface area is 187 Å². The second kappa shape index (κ2) is 11.2. The topological polar surface area (TPSA) is 54.9 Å². The monoisotopic (exact) mass is 449 g/mol. The standard InChI is InChI=1S/C22H27N3O3S.ClH/c1-5-24(6-2)13-14-25(21(26)16-7-9-17(27-3)10-8-16)22-23-19-12-11-18(28-4)15-20(19)29-22;/h7-12,15H,5-6,13-14H2,1-4H3;1H. The van der Waals surface area contributed by atoms with Crippen LogP contribution in [0.3, 0.4) is 0 Å². The summed E-state index contributed by atoms with van der Waals surface area (Å²) >= 11 is 1.50. The van der Waals surface area contributed by atoms with Crippen molar-refractivity contribution >= 4 is 45.0 Å². The Bertz CT molecular complexity index is 958. The van der Waals surface area contributed by atoms with Crippen molar-refractivity contribution in [1.29, 1.82) is 0 Å². The first kappa shape index (κ1) is 23.9. The Hall–Kier alpha value is -2.35. The quantitative estimate of drug-likeness (QED) is 0.473. The minimum atomic E-state index is -0.0640. The van der Waals surface area contributed by atoms with Gasteiger partial charge in [0.1, 0.15) is 11.5 Å². The highest BCUT2D eigenvalue weighted by atomic mass is 35.5. The molecule has 0 radical (unpaired) electrons. The summed E-state index contributed by atoms with van der Waals surface area (Å²) in [6.07, 6.45) is 0. The number of aromatic nitrogens is 1. The lowest BCUT2D eigenvalue weighted by molar-refractivity contribution is 0.0983. The zero-order valence-corrected chi connectivity index (χ0v) is 19.4. The third-order valence-electron chi connectivity index (χ3n) is 4.93. The average Bonchev–Trinajstić information content (AvgIpc) is 3.19. The van der Waals surface area contributed by atoms with Crippen LogP contribution in [0.1, 0.15) is 24.2 Å². The molecule has 6 nitrogen and oxygen atoms in total. The number of rotatable bonds is 9. The number of fused-ring (bicyclic) bond motifs is 1. The van der Waals surface area contributed by atoms with E-state index in [1.807, 2.05) is 18.2 Å². The maximum Gasteiger partial charge on any atom is 0.260 e. The van der Waals surface area contributed by atoms with Gasteiger partial charge in [-0.25, -0.2) is 4.98 Å². The van der Waals surface area contributed by atoms with Crippen LogP contribution in [0.15, 0.2) is 42.5 Å². The van der Waals surface area contributed by atoms with Gasteiger partial charge in [0.2, 0.25) is 0 Å². The highest BCUT2D eigenvalue weighted by Crippen LogP contribution is 2.32. The summed E-state index contributed by atoms with van der Waals surface area (Å²) in [7, 11) is 3.26. The molecule has 1 aromatic heterocycles. The van der Waals surface area contributed by atoms with Crippen molar-refractivity contribution < 1.29 is 14.3 Å². The number of ether oxygens (including phenoxy) is 2. The molecule has 0 unspecified atom stereocenters. The molecule has 0 fully saturated rings. The van der Waals surface area contributed by atoms with Gasteiger partial charge in [0.25, 0.3) is 5.91 Å². The van der Waals surface area contributed by atoms with E-state index in [0.717, 1.165) is 41.3 Å². The fourth-order valence-corrected chi connectivity index (χ4v) is 4.11. The summed E-state index contributed by atoms with van der Waals surface area (Å²) in [6.45, 7) is 7.50. The van der Waals surface area contributed by atoms with Gasteiger partial charge in [0.15, 0.2) is 5.13 Å². The number of carbonyl (C=O) groups is 1. The first-order valence-corrected chi connectivity index (χ1v) is 10.5. The van der Waals surface area contributed by atoms with Gasteiger partial charge in [0, 0.05) is 18.7 Å². The maximum atomic E-state index is 13.3. The number of anilines is 1. The van der Waals surface area contributed by atoms with E-state index in [0.29, 0.717) is 17.2 Å². The van der Waals surface area contributed by atoms with Crippen LogP contribution in [0.25, 0.3) is 10.2 Å². The predicted molar refractivity (Wildman–Crippen MR) is 126 cm³/mol. The summed E-state index contributed by atoms with van der Waals surface area (Å²) in [5.74, 6) is 1.44. The molecule has 0 aliphatic rings. The van der Waals surface area contributed by atoms with Crippen LogP contribution >= 0.6 is 23.7 Å². The van der Waals surface area contributed by atoms with Crippen molar-refractivity contribution in [1.82, 2.24) is 9.88 Å². The number of carbonyl (C=O) groups excluding carboxylic acids is 1. The second-order valence-corrected chi connectivity index (χ2v) is 7.55. The number of amides is 1. The Morgan fingerprint density at radius 3 is 2.20 bits per heavy atom. The molecule has 3 aromatic rings. The SMILES string of the molecule is CCN(CC)CCN(C(=O)c1ccc(OC)cc1)c1nc2ccc(OC)cc2s1.Cl. The van der Waals surface area contributed by atoms with Gasteiger partial charge in [-0.1, -0.05) is 25.2 Å². The Morgan fingerprint density at radius 1 is 0.967 bits per heavy atom. The van der Waals surface area contributed by atoms with Crippen molar-refractivity contribution in [2.24, 2.45) is 0 Å². The molecule has 0 saturated heterocycles. The molecule has 1 amide bonds.